The number of likely N-dealkylation sites (tertiary alicyclic amines) is 2. The summed E-state index contributed by atoms with van der Waals surface area (Å²) < 4.78 is 7.21. The van der Waals surface area contributed by atoms with E-state index in [2.05, 4.69) is 14.5 Å². The molecule has 6 heteroatoms. The molecule has 0 aliphatic carbocycles. The van der Waals surface area contributed by atoms with Crippen LogP contribution in [0, 0.1) is 5.41 Å². The van der Waals surface area contributed by atoms with E-state index in [1.807, 2.05) is 24.5 Å². The Balaban J connectivity index is 1.60. The SMILES string of the molecule is COCCN1CC[C@@]2(CCCN(Cc3cncn3C)CC2)C1=O. The zero-order valence-corrected chi connectivity index (χ0v) is 14.3. The van der Waals surface area contributed by atoms with Gasteiger partial charge in [0.1, 0.15) is 0 Å². The summed E-state index contributed by atoms with van der Waals surface area (Å²) in [6, 6.07) is 0. The third-order valence-electron chi connectivity index (χ3n) is 5.50. The zero-order valence-electron chi connectivity index (χ0n) is 14.3. The molecule has 2 saturated heterocycles. The third-order valence-corrected chi connectivity index (χ3v) is 5.50. The van der Waals surface area contributed by atoms with Gasteiger partial charge in [-0.2, -0.15) is 0 Å². The predicted molar refractivity (Wildman–Crippen MR) is 87.8 cm³/mol. The van der Waals surface area contributed by atoms with Crippen molar-refractivity contribution < 1.29 is 9.53 Å². The van der Waals surface area contributed by atoms with Crippen LogP contribution in [0.2, 0.25) is 0 Å². The van der Waals surface area contributed by atoms with Crippen molar-refractivity contribution >= 4 is 5.91 Å². The fourth-order valence-electron chi connectivity index (χ4n) is 3.95. The van der Waals surface area contributed by atoms with Gasteiger partial charge in [0.05, 0.1) is 24.0 Å². The van der Waals surface area contributed by atoms with Crippen LogP contribution in [0.4, 0.5) is 0 Å². The topological polar surface area (TPSA) is 50.6 Å². The standard InChI is InChI=1S/C17H28N4O2/c1-19-14-18-12-15(19)13-20-7-3-4-17(5-8-20)6-9-21(16(17)22)10-11-23-2/h12,14H,3-11,13H2,1-2H3/t17-/m0/s1. The van der Waals surface area contributed by atoms with E-state index in [1.54, 1.807) is 7.11 Å². The highest BCUT2D eigenvalue weighted by Gasteiger charge is 2.46. The van der Waals surface area contributed by atoms with E-state index in [1.165, 1.54) is 5.69 Å². The van der Waals surface area contributed by atoms with Crippen LogP contribution in [0.15, 0.2) is 12.5 Å². The Morgan fingerprint density at radius 1 is 1.26 bits per heavy atom. The number of methoxy groups -OCH3 is 1. The molecular weight excluding hydrogens is 292 g/mol. The summed E-state index contributed by atoms with van der Waals surface area (Å²) in [7, 11) is 3.73. The molecule has 3 rings (SSSR count). The van der Waals surface area contributed by atoms with Gasteiger partial charge >= 0.3 is 0 Å². The Morgan fingerprint density at radius 3 is 2.83 bits per heavy atom. The van der Waals surface area contributed by atoms with E-state index < -0.39 is 0 Å². The number of hydrogen-bond donors (Lipinski definition) is 0. The molecule has 23 heavy (non-hydrogen) atoms. The Hall–Kier alpha value is -1.40. The minimum Gasteiger partial charge on any atom is -0.383 e. The van der Waals surface area contributed by atoms with Crippen LogP contribution in [0.25, 0.3) is 0 Å². The smallest absolute Gasteiger partial charge is 0.228 e. The lowest BCUT2D eigenvalue weighted by Crippen LogP contribution is -2.37. The number of aromatic nitrogens is 2. The van der Waals surface area contributed by atoms with Gasteiger partial charge in [-0.3, -0.25) is 9.69 Å². The summed E-state index contributed by atoms with van der Waals surface area (Å²) in [5.41, 5.74) is 1.12. The molecule has 2 aliphatic heterocycles. The van der Waals surface area contributed by atoms with Crippen molar-refractivity contribution in [1.29, 1.82) is 0 Å². The predicted octanol–water partition coefficient (Wildman–Crippen LogP) is 1.27. The highest BCUT2D eigenvalue weighted by molar-refractivity contribution is 5.84. The first-order chi connectivity index (χ1) is 11.1. The molecule has 0 aromatic carbocycles. The van der Waals surface area contributed by atoms with Crippen LogP contribution in [-0.2, 0) is 23.1 Å². The van der Waals surface area contributed by atoms with E-state index >= 15 is 0 Å². The Morgan fingerprint density at radius 2 is 2.09 bits per heavy atom. The molecule has 0 N–H and O–H groups in total. The van der Waals surface area contributed by atoms with Crippen LogP contribution in [-0.4, -0.2) is 65.2 Å². The molecule has 1 aromatic rings. The van der Waals surface area contributed by atoms with Crippen molar-refractivity contribution in [3.05, 3.63) is 18.2 Å². The molecule has 0 unspecified atom stereocenters. The summed E-state index contributed by atoms with van der Waals surface area (Å²) in [4.78, 5) is 21.5. The number of amides is 1. The van der Waals surface area contributed by atoms with Crippen LogP contribution < -0.4 is 0 Å². The van der Waals surface area contributed by atoms with Gasteiger partial charge in [0.25, 0.3) is 0 Å². The lowest BCUT2D eigenvalue weighted by Gasteiger charge is -2.26. The van der Waals surface area contributed by atoms with Gasteiger partial charge in [0, 0.05) is 40.0 Å². The van der Waals surface area contributed by atoms with Crippen molar-refractivity contribution in [2.45, 2.75) is 32.2 Å². The molecule has 1 aromatic heterocycles. The van der Waals surface area contributed by atoms with Gasteiger partial charge < -0.3 is 14.2 Å². The van der Waals surface area contributed by atoms with Gasteiger partial charge in [-0.25, -0.2) is 4.98 Å². The highest BCUT2D eigenvalue weighted by Crippen LogP contribution is 2.41. The van der Waals surface area contributed by atoms with E-state index in [9.17, 15) is 4.79 Å². The maximum Gasteiger partial charge on any atom is 0.228 e. The fraction of sp³-hybridized carbons (Fsp3) is 0.765. The number of aryl methyl sites for hydroxylation is 1. The van der Waals surface area contributed by atoms with Crippen LogP contribution >= 0.6 is 0 Å². The number of carbonyl (C=O) groups is 1. The average Bonchev–Trinajstić information content (AvgIpc) is 2.99. The number of ether oxygens (including phenoxy) is 1. The second-order valence-electron chi connectivity index (χ2n) is 6.94. The molecule has 128 valence electrons. The fourth-order valence-corrected chi connectivity index (χ4v) is 3.95. The lowest BCUT2D eigenvalue weighted by atomic mass is 9.79. The number of rotatable bonds is 5. The molecule has 1 amide bonds. The third kappa shape index (κ3) is 3.43. The molecule has 1 atom stereocenters. The number of imidazole rings is 1. The second-order valence-corrected chi connectivity index (χ2v) is 6.94. The average molecular weight is 320 g/mol. The maximum absolute atomic E-state index is 12.9. The van der Waals surface area contributed by atoms with E-state index in [0.29, 0.717) is 12.5 Å². The van der Waals surface area contributed by atoms with Crippen molar-refractivity contribution in [2.75, 3.05) is 39.9 Å². The van der Waals surface area contributed by atoms with Gasteiger partial charge in [0.15, 0.2) is 0 Å². The summed E-state index contributed by atoms with van der Waals surface area (Å²) in [5, 5.41) is 0. The molecule has 0 radical (unpaired) electrons. The first-order valence-corrected chi connectivity index (χ1v) is 8.60. The Kier molecular flexibility index (Phi) is 5.02. The molecule has 0 bridgehead atoms. The molecule has 6 nitrogen and oxygen atoms in total. The summed E-state index contributed by atoms with van der Waals surface area (Å²) in [6.07, 6.45) is 7.90. The van der Waals surface area contributed by atoms with E-state index in [0.717, 1.165) is 58.4 Å². The van der Waals surface area contributed by atoms with Gasteiger partial charge in [0.2, 0.25) is 5.91 Å². The molecule has 3 heterocycles. The first kappa shape index (κ1) is 16.5. The minimum atomic E-state index is -0.116. The summed E-state index contributed by atoms with van der Waals surface area (Å²) in [6.45, 7) is 5.25. The number of hydrogen-bond acceptors (Lipinski definition) is 4. The molecule has 2 fully saturated rings. The second kappa shape index (κ2) is 7.01. The van der Waals surface area contributed by atoms with Crippen molar-refractivity contribution in [1.82, 2.24) is 19.4 Å². The minimum absolute atomic E-state index is 0.116. The Labute approximate surface area is 138 Å². The monoisotopic (exact) mass is 320 g/mol. The van der Waals surface area contributed by atoms with Gasteiger partial charge in [-0.05, 0) is 38.8 Å². The van der Waals surface area contributed by atoms with Gasteiger partial charge in [-0.15, -0.1) is 0 Å². The van der Waals surface area contributed by atoms with Crippen LogP contribution in [0.5, 0.6) is 0 Å². The summed E-state index contributed by atoms with van der Waals surface area (Å²) >= 11 is 0. The maximum atomic E-state index is 12.9. The highest BCUT2D eigenvalue weighted by atomic mass is 16.5. The van der Waals surface area contributed by atoms with Crippen molar-refractivity contribution in [2.24, 2.45) is 12.5 Å². The molecule has 1 spiro atoms. The number of carbonyl (C=O) groups excluding carboxylic acids is 1. The quantitative estimate of drug-likeness (QED) is 0.820. The summed E-state index contributed by atoms with van der Waals surface area (Å²) in [5.74, 6) is 0.358. The van der Waals surface area contributed by atoms with Crippen molar-refractivity contribution in [3.63, 3.8) is 0 Å². The Bertz CT molecular complexity index is 544. The zero-order chi connectivity index (χ0) is 16.3. The number of nitrogens with zero attached hydrogens (tertiary/aromatic N) is 4. The van der Waals surface area contributed by atoms with Crippen molar-refractivity contribution in [3.8, 4) is 0 Å². The molecule has 0 saturated carbocycles. The largest absolute Gasteiger partial charge is 0.383 e. The van der Waals surface area contributed by atoms with Crippen LogP contribution in [0.1, 0.15) is 31.4 Å². The van der Waals surface area contributed by atoms with E-state index in [-0.39, 0.29) is 5.41 Å². The van der Waals surface area contributed by atoms with E-state index in [4.69, 9.17) is 4.74 Å². The van der Waals surface area contributed by atoms with Gasteiger partial charge in [-0.1, -0.05) is 0 Å². The lowest BCUT2D eigenvalue weighted by molar-refractivity contribution is -0.137. The normalized spacial score (nSPS) is 26.2. The molecular formula is C17H28N4O2. The molecule has 2 aliphatic rings. The van der Waals surface area contributed by atoms with Crippen LogP contribution in [0.3, 0.4) is 0 Å². The first-order valence-electron chi connectivity index (χ1n) is 8.60.